The Labute approximate surface area is 226 Å². The first-order valence-electron chi connectivity index (χ1n) is 12.1. The van der Waals surface area contributed by atoms with E-state index in [1.54, 1.807) is 44.6 Å². The minimum absolute atomic E-state index is 0.109. The largest absolute Gasteiger partial charge is 0.383 e. The second kappa shape index (κ2) is 11.0. The number of thiazole rings is 1. The minimum Gasteiger partial charge on any atom is -0.383 e. The summed E-state index contributed by atoms with van der Waals surface area (Å²) in [6, 6.07) is 23.4. The van der Waals surface area contributed by atoms with Crippen molar-refractivity contribution in [3.63, 3.8) is 0 Å². The Bertz CT molecular complexity index is 1510. The van der Waals surface area contributed by atoms with Crippen LogP contribution in [0.5, 0.6) is 0 Å². The number of benzene rings is 3. The second-order valence-electron chi connectivity index (χ2n) is 8.80. The molecule has 0 N–H and O–H groups in total. The van der Waals surface area contributed by atoms with Gasteiger partial charge in [0.05, 0.1) is 28.8 Å². The standard InChI is InChI=1S/C29H27N3O4S2/c1-31-26-14-13-23(19-24(26)25(29(31)33)20-27-30-15-18-37-27)38(34,35)32(16-17-36-2)28(21-9-5-3-6-10-21)22-11-7-4-8-12-22/h3-15,18-20,28H,16-17H2,1-2H3/b25-20+. The first-order valence-corrected chi connectivity index (χ1v) is 14.4. The van der Waals surface area contributed by atoms with Gasteiger partial charge in [0, 0.05) is 37.8 Å². The molecule has 9 heteroatoms. The number of anilines is 1. The van der Waals surface area contributed by atoms with Crippen LogP contribution in [0.1, 0.15) is 27.7 Å². The quantitative estimate of drug-likeness (QED) is 0.274. The number of ether oxygens (including phenoxy) is 1. The molecule has 0 unspecified atom stereocenters. The molecule has 0 saturated heterocycles. The first-order chi connectivity index (χ1) is 18.4. The SMILES string of the molecule is COCCN(C(c1ccccc1)c1ccccc1)S(=O)(=O)c1ccc2c(c1)/C(=C\c1nccs1)C(=O)N2C. The predicted octanol–water partition coefficient (Wildman–Crippen LogP) is 5.09. The molecule has 0 spiro atoms. The molecule has 0 fully saturated rings. The van der Waals surface area contributed by atoms with Gasteiger partial charge in [-0.25, -0.2) is 13.4 Å². The average molecular weight is 546 g/mol. The van der Waals surface area contributed by atoms with E-state index in [1.807, 2.05) is 66.0 Å². The van der Waals surface area contributed by atoms with Gasteiger partial charge in [0.25, 0.3) is 5.91 Å². The van der Waals surface area contributed by atoms with Gasteiger partial charge in [-0.15, -0.1) is 11.3 Å². The molecule has 1 aliphatic rings. The Hall–Kier alpha value is -3.63. The molecule has 5 rings (SSSR count). The van der Waals surface area contributed by atoms with E-state index in [1.165, 1.54) is 20.5 Å². The third kappa shape index (κ3) is 4.93. The molecule has 1 aromatic heterocycles. The highest BCUT2D eigenvalue weighted by molar-refractivity contribution is 7.89. The molecule has 2 heterocycles. The van der Waals surface area contributed by atoms with Crippen LogP contribution in [-0.2, 0) is 19.6 Å². The molecule has 0 atom stereocenters. The van der Waals surface area contributed by atoms with Crippen LogP contribution in [0.15, 0.2) is 95.3 Å². The van der Waals surface area contributed by atoms with E-state index in [9.17, 15) is 13.2 Å². The van der Waals surface area contributed by atoms with Crippen molar-refractivity contribution in [3.8, 4) is 0 Å². The van der Waals surface area contributed by atoms with Gasteiger partial charge in [-0.05, 0) is 35.4 Å². The zero-order chi connectivity index (χ0) is 26.7. The number of rotatable bonds is 9. The van der Waals surface area contributed by atoms with Crippen LogP contribution in [0.4, 0.5) is 5.69 Å². The Balaban J connectivity index is 1.64. The van der Waals surface area contributed by atoms with Crippen LogP contribution in [0.2, 0.25) is 0 Å². The molecule has 0 aliphatic carbocycles. The third-order valence-electron chi connectivity index (χ3n) is 6.51. The van der Waals surface area contributed by atoms with Crippen LogP contribution in [-0.4, -0.2) is 50.9 Å². The predicted molar refractivity (Wildman–Crippen MR) is 150 cm³/mol. The molecular formula is C29H27N3O4S2. The summed E-state index contributed by atoms with van der Waals surface area (Å²) in [6.45, 7) is 0.363. The molecule has 0 bridgehead atoms. The van der Waals surface area contributed by atoms with Gasteiger partial charge < -0.3 is 9.64 Å². The highest BCUT2D eigenvalue weighted by Gasteiger charge is 2.36. The van der Waals surface area contributed by atoms with Gasteiger partial charge in [-0.3, -0.25) is 4.79 Å². The summed E-state index contributed by atoms with van der Waals surface area (Å²) >= 11 is 1.41. The van der Waals surface area contributed by atoms with Crippen LogP contribution >= 0.6 is 11.3 Å². The number of nitrogens with zero attached hydrogens (tertiary/aromatic N) is 3. The monoisotopic (exact) mass is 545 g/mol. The molecule has 1 aliphatic heterocycles. The van der Waals surface area contributed by atoms with E-state index in [-0.39, 0.29) is 24.0 Å². The van der Waals surface area contributed by atoms with E-state index in [2.05, 4.69) is 4.98 Å². The molecule has 1 amide bonds. The number of carbonyl (C=O) groups is 1. The van der Waals surface area contributed by atoms with E-state index in [4.69, 9.17) is 4.74 Å². The zero-order valence-corrected chi connectivity index (χ0v) is 22.7. The van der Waals surface area contributed by atoms with Gasteiger partial charge in [-0.1, -0.05) is 60.7 Å². The van der Waals surface area contributed by atoms with Crippen LogP contribution in [0.25, 0.3) is 11.6 Å². The van der Waals surface area contributed by atoms with Crippen molar-refractivity contribution in [2.24, 2.45) is 0 Å². The number of fused-ring (bicyclic) bond motifs is 1. The molecule has 4 aromatic rings. The van der Waals surface area contributed by atoms with Gasteiger partial charge in [0.2, 0.25) is 10.0 Å². The lowest BCUT2D eigenvalue weighted by Crippen LogP contribution is -2.38. The molecule has 7 nitrogen and oxygen atoms in total. The van der Waals surface area contributed by atoms with Crippen LogP contribution < -0.4 is 4.90 Å². The van der Waals surface area contributed by atoms with Crippen molar-refractivity contribution < 1.29 is 17.9 Å². The van der Waals surface area contributed by atoms with Gasteiger partial charge in [-0.2, -0.15) is 4.31 Å². The molecule has 0 radical (unpaired) electrons. The van der Waals surface area contributed by atoms with Gasteiger partial charge in [0.15, 0.2) is 0 Å². The normalized spacial score (nSPS) is 14.6. The molecule has 38 heavy (non-hydrogen) atoms. The van der Waals surface area contributed by atoms with Crippen molar-refractivity contribution in [1.29, 1.82) is 0 Å². The lowest BCUT2D eigenvalue weighted by atomic mass is 9.99. The summed E-state index contributed by atoms with van der Waals surface area (Å²) in [6.07, 6.45) is 3.38. The highest BCUT2D eigenvalue weighted by atomic mass is 32.2. The summed E-state index contributed by atoms with van der Waals surface area (Å²) in [5, 5.41) is 2.51. The Kier molecular flexibility index (Phi) is 7.53. The van der Waals surface area contributed by atoms with E-state index >= 15 is 0 Å². The number of carbonyl (C=O) groups excluding carboxylic acids is 1. The zero-order valence-electron chi connectivity index (χ0n) is 21.0. The maximum absolute atomic E-state index is 14.4. The number of amides is 1. The number of sulfonamides is 1. The van der Waals surface area contributed by atoms with Crippen molar-refractivity contribution in [3.05, 3.63) is 112 Å². The lowest BCUT2D eigenvalue weighted by molar-refractivity contribution is -0.112. The summed E-state index contributed by atoms with van der Waals surface area (Å²) in [7, 11) is -0.790. The van der Waals surface area contributed by atoms with Crippen molar-refractivity contribution in [1.82, 2.24) is 9.29 Å². The Morgan fingerprint density at radius 2 is 1.68 bits per heavy atom. The van der Waals surface area contributed by atoms with E-state index < -0.39 is 16.1 Å². The van der Waals surface area contributed by atoms with Crippen LogP contribution in [0.3, 0.4) is 0 Å². The lowest BCUT2D eigenvalue weighted by Gasteiger charge is -2.32. The summed E-state index contributed by atoms with van der Waals surface area (Å²) in [5.74, 6) is -0.201. The summed E-state index contributed by atoms with van der Waals surface area (Å²) in [5.41, 5.74) is 3.33. The molecular weight excluding hydrogens is 518 g/mol. The van der Waals surface area contributed by atoms with Gasteiger partial charge >= 0.3 is 0 Å². The Morgan fingerprint density at radius 3 is 2.26 bits per heavy atom. The highest BCUT2D eigenvalue weighted by Crippen LogP contribution is 2.40. The van der Waals surface area contributed by atoms with Crippen molar-refractivity contribution in [2.45, 2.75) is 10.9 Å². The maximum Gasteiger partial charge on any atom is 0.258 e. The smallest absolute Gasteiger partial charge is 0.258 e. The Morgan fingerprint density at radius 1 is 1.03 bits per heavy atom. The van der Waals surface area contributed by atoms with E-state index in [0.717, 1.165) is 11.1 Å². The molecule has 3 aromatic carbocycles. The van der Waals surface area contributed by atoms with Crippen LogP contribution in [0, 0.1) is 0 Å². The summed E-state index contributed by atoms with van der Waals surface area (Å²) in [4.78, 5) is 19.0. The fourth-order valence-electron chi connectivity index (χ4n) is 4.66. The minimum atomic E-state index is -4.03. The summed E-state index contributed by atoms with van der Waals surface area (Å²) < 4.78 is 35.5. The third-order valence-corrected chi connectivity index (χ3v) is 9.10. The molecule has 194 valence electrons. The number of hydrogen-bond donors (Lipinski definition) is 0. The van der Waals surface area contributed by atoms with Crippen molar-refractivity contribution >= 4 is 44.6 Å². The van der Waals surface area contributed by atoms with Crippen molar-refractivity contribution in [2.75, 3.05) is 32.2 Å². The average Bonchev–Trinajstić information content (AvgIpc) is 3.54. The van der Waals surface area contributed by atoms with E-state index in [0.29, 0.717) is 21.8 Å². The number of hydrogen-bond acceptors (Lipinski definition) is 6. The number of methoxy groups -OCH3 is 1. The topological polar surface area (TPSA) is 79.8 Å². The first kappa shape index (κ1) is 26.0. The van der Waals surface area contributed by atoms with Gasteiger partial charge in [0.1, 0.15) is 5.01 Å². The fraction of sp³-hybridized carbons (Fsp3) is 0.172. The number of likely N-dealkylation sites (N-methyl/N-ethyl adjacent to an activating group) is 1. The second-order valence-corrected chi connectivity index (χ2v) is 11.6. The fourth-order valence-corrected chi connectivity index (χ4v) is 6.84. The number of aromatic nitrogens is 1. The molecule has 0 saturated carbocycles. The maximum atomic E-state index is 14.4.